The van der Waals surface area contributed by atoms with Crippen LogP contribution in [-0.4, -0.2) is 26.8 Å². The van der Waals surface area contributed by atoms with Crippen molar-refractivity contribution in [3.05, 3.63) is 0 Å². The van der Waals surface area contributed by atoms with Gasteiger partial charge in [0, 0.05) is 6.04 Å². The van der Waals surface area contributed by atoms with Crippen LogP contribution >= 0.6 is 0 Å². The number of nitrogens with two attached hydrogens (primary N) is 1. The molecule has 0 heterocycles. The maximum Gasteiger partial charge on any atom is 0.211 e. The second kappa shape index (κ2) is 7.20. The van der Waals surface area contributed by atoms with Crippen molar-refractivity contribution in [2.24, 2.45) is 5.73 Å². The summed E-state index contributed by atoms with van der Waals surface area (Å²) < 4.78 is 25.6. The molecule has 0 atom stereocenters. The molecule has 14 heavy (non-hydrogen) atoms. The van der Waals surface area contributed by atoms with Gasteiger partial charge in [0.2, 0.25) is 10.0 Å². The molecule has 0 unspecified atom stereocenters. The minimum atomic E-state index is -3.08. The van der Waals surface area contributed by atoms with E-state index in [1.54, 1.807) is 0 Å². The van der Waals surface area contributed by atoms with Gasteiger partial charge in [-0.05, 0) is 32.2 Å². The van der Waals surface area contributed by atoms with Gasteiger partial charge in [0.25, 0.3) is 0 Å². The molecule has 0 aliphatic rings. The van der Waals surface area contributed by atoms with Crippen LogP contribution in [0.15, 0.2) is 0 Å². The lowest BCUT2D eigenvalue weighted by molar-refractivity contribution is 0.528. The van der Waals surface area contributed by atoms with Crippen LogP contribution in [0.5, 0.6) is 0 Å². The third kappa shape index (κ3) is 6.34. The Morgan fingerprint density at radius 1 is 1.21 bits per heavy atom. The topological polar surface area (TPSA) is 72.2 Å². The molecule has 0 fully saturated rings. The average Bonchev–Trinajstić information content (AvgIpc) is 2.14. The summed E-state index contributed by atoms with van der Waals surface area (Å²) in [6.45, 7) is 4.52. The van der Waals surface area contributed by atoms with E-state index >= 15 is 0 Å². The first kappa shape index (κ1) is 13.9. The lowest BCUT2D eigenvalue weighted by Gasteiger charge is -2.14. The van der Waals surface area contributed by atoms with Crippen molar-refractivity contribution in [3.8, 4) is 0 Å². The Bertz CT molecular complexity index is 223. The van der Waals surface area contributed by atoms with Gasteiger partial charge in [-0.3, -0.25) is 0 Å². The number of rotatable bonds is 8. The third-order valence-corrected chi connectivity index (χ3v) is 3.72. The molecule has 0 saturated heterocycles. The fourth-order valence-corrected chi connectivity index (χ4v) is 2.75. The summed E-state index contributed by atoms with van der Waals surface area (Å²) in [7, 11) is -3.08. The SMILES string of the molecule is CCC(CC)NS(=O)(=O)CCCCN. The summed E-state index contributed by atoms with van der Waals surface area (Å²) >= 11 is 0. The van der Waals surface area contributed by atoms with Crippen LogP contribution < -0.4 is 10.5 Å². The second-order valence-electron chi connectivity index (χ2n) is 3.45. The molecule has 0 aromatic carbocycles. The average molecular weight is 222 g/mol. The Hall–Kier alpha value is -0.130. The molecule has 4 nitrogen and oxygen atoms in total. The van der Waals surface area contributed by atoms with E-state index in [-0.39, 0.29) is 11.8 Å². The first-order chi connectivity index (χ1) is 6.55. The molecule has 0 aliphatic heterocycles. The summed E-state index contributed by atoms with van der Waals surface area (Å²) in [6, 6.07) is 0.0814. The smallest absolute Gasteiger partial charge is 0.211 e. The van der Waals surface area contributed by atoms with Crippen LogP contribution in [0.2, 0.25) is 0 Å². The van der Waals surface area contributed by atoms with Crippen LogP contribution in [0.1, 0.15) is 39.5 Å². The Labute approximate surface area is 87.3 Å². The van der Waals surface area contributed by atoms with Crippen LogP contribution in [0.3, 0.4) is 0 Å². The largest absolute Gasteiger partial charge is 0.330 e. The predicted molar refractivity (Wildman–Crippen MR) is 59.6 cm³/mol. The Kier molecular flexibility index (Phi) is 7.13. The van der Waals surface area contributed by atoms with Crippen molar-refractivity contribution < 1.29 is 8.42 Å². The second-order valence-corrected chi connectivity index (χ2v) is 5.32. The summed E-state index contributed by atoms with van der Waals surface area (Å²) in [4.78, 5) is 0. The van der Waals surface area contributed by atoms with E-state index < -0.39 is 10.0 Å². The van der Waals surface area contributed by atoms with Gasteiger partial charge in [-0.2, -0.15) is 0 Å². The summed E-state index contributed by atoms with van der Waals surface area (Å²) in [5.41, 5.74) is 5.30. The molecule has 0 rings (SSSR count). The van der Waals surface area contributed by atoms with Crippen molar-refractivity contribution in [1.82, 2.24) is 4.72 Å². The quantitative estimate of drug-likeness (QED) is 0.598. The van der Waals surface area contributed by atoms with Gasteiger partial charge in [-0.15, -0.1) is 0 Å². The molecule has 0 aliphatic carbocycles. The Morgan fingerprint density at radius 3 is 2.21 bits per heavy atom. The summed E-state index contributed by atoms with van der Waals surface area (Å²) in [5, 5.41) is 0. The highest BCUT2D eigenvalue weighted by Gasteiger charge is 2.14. The molecule has 3 N–H and O–H groups in total. The molecule has 0 aromatic rings. The summed E-state index contributed by atoms with van der Waals surface area (Å²) in [5.74, 6) is 0.195. The van der Waals surface area contributed by atoms with Gasteiger partial charge < -0.3 is 5.73 Å². The highest BCUT2D eigenvalue weighted by molar-refractivity contribution is 7.89. The van der Waals surface area contributed by atoms with Crippen molar-refractivity contribution in [3.63, 3.8) is 0 Å². The lowest BCUT2D eigenvalue weighted by atomic mass is 10.2. The van der Waals surface area contributed by atoms with E-state index in [1.807, 2.05) is 13.8 Å². The number of sulfonamides is 1. The van der Waals surface area contributed by atoms with Crippen molar-refractivity contribution in [2.75, 3.05) is 12.3 Å². The van der Waals surface area contributed by atoms with Gasteiger partial charge in [0.15, 0.2) is 0 Å². The minimum Gasteiger partial charge on any atom is -0.330 e. The van der Waals surface area contributed by atoms with Gasteiger partial charge in [0.05, 0.1) is 5.75 Å². The third-order valence-electron chi connectivity index (χ3n) is 2.20. The molecule has 0 aromatic heterocycles. The van der Waals surface area contributed by atoms with E-state index in [4.69, 9.17) is 5.73 Å². The number of nitrogens with one attached hydrogen (secondary N) is 1. The molecule has 0 spiro atoms. The molecule has 0 amide bonds. The number of hydrogen-bond acceptors (Lipinski definition) is 3. The van der Waals surface area contributed by atoms with Gasteiger partial charge in [-0.25, -0.2) is 13.1 Å². The van der Waals surface area contributed by atoms with Crippen LogP contribution in [0, 0.1) is 0 Å². The van der Waals surface area contributed by atoms with Crippen molar-refractivity contribution in [2.45, 2.75) is 45.6 Å². The normalized spacial score (nSPS) is 12.3. The highest BCUT2D eigenvalue weighted by Crippen LogP contribution is 2.01. The van der Waals surface area contributed by atoms with E-state index in [0.29, 0.717) is 13.0 Å². The zero-order valence-electron chi connectivity index (χ0n) is 9.12. The maximum atomic E-state index is 11.5. The number of hydrogen-bond donors (Lipinski definition) is 2. The Morgan fingerprint density at radius 2 is 1.79 bits per heavy atom. The van der Waals surface area contributed by atoms with Crippen LogP contribution in [-0.2, 0) is 10.0 Å². The monoisotopic (exact) mass is 222 g/mol. The van der Waals surface area contributed by atoms with E-state index in [2.05, 4.69) is 4.72 Å². The van der Waals surface area contributed by atoms with Gasteiger partial charge >= 0.3 is 0 Å². The lowest BCUT2D eigenvalue weighted by Crippen LogP contribution is -2.35. The molecule has 0 saturated carbocycles. The van der Waals surface area contributed by atoms with Crippen molar-refractivity contribution in [1.29, 1.82) is 0 Å². The molecular formula is C9H22N2O2S. The molecule has 86 valence electrons. The highest BCUT2D eigenvalue weighted by atomic mass is 32.2. The Balaban J connectivity index is 3.93. The van der Waals surface area contributed by atoms with Gasteiger partial charge in [0.1, 0.15) is 0 Å². The van der Waals surface area contributed by atoms with Crippen LogP contribution in [0.4, 0.5) is 0 Å². The first-order valence-electron chi connectivity index (χ1n) is 5.25. The standard InChI is InChI=1S/C9H22N2O2S/c1-3-9(4-2)11-14(12,13)8-6-5-7-10/h9,11H,3-8,10H2,1-2H3. The molecular weight excluding hydrogens is 200 g/mol. The first-order valence-corrected chi connectivity index (χ1v) is 6.91. The fraction of sp³-hybridized carbons (Fsp3) is 1.00. The predicted octanol–water partition coefficient (Wildman–Crippen LogP) is 0.833. The molecule has 0 radical (unpaired) electrons. The van der Waals surface area contributed by atoms with Crippen LogP contribution in [0.25, 0.3) is 0 Å². The van der Waals surface area contributed by atoms with E-state index in [9.17, 15) is 8.42 Å². The minimum absolute atomic E-state index is 0.0814. The molecule has 0 bridgehead atoms. The zero-order valence-corrected chi connectivity index (χ0v) is 9.94. The van der Waals surface area contributed by atoms with Gasteiger partial charge in [-0.1, -0.05) is 13.8 Å². The van der Waals surface area contributed by atoms with Crippen molar-refractivity contribution >= 4 is 10.0 Å². The van der Waals surface area contributed by atoms with E-state index in [0.717, 1.165) is 19.3 Å². The van der Waals surface area contributed by atoms with E-state index in [1.165, 1.54) is 0 Å². The molecule has 5 heteroatoms. The zero-order chi connectivity index (χ0) is 11.0. The summed E-state index contributed by atoms with van der Waals surface area (Å²) in [6.07, 6.45) is 3.09. The fourth-order valence-electron chi connectivity index (χ4n) is 1.20. The number of unbranched alkanes of at least 4 members (excludes halogenated alkanes) is 1. The maximum absolute atomic E-state index is 11.5.